The van der Waals surface area contributed by atoms with Crippen LogP contribution in [0.5, 0.6) is 0 Å². The van der Waals surface area contributed by atoms with Crippen LogP contribution in [0.3, 0.4) is 0 Å². The van der Waals surface area contributed by atoms with Crippen LogP contribution in [0.15, 0.2) is 77.6 Å². The highest BCUT2D eigenvalue weighted by Gasteiger charge is 2.44. The summed E-state index contributed by atoms with van der Waals surface area (Å²) in [7, 11) is 0. The van der Waals surface area contributed by atoms with Crippen molar-refractivity contribution in [2.24, 2.45) is 0 Å². The van der Waals surface area contributed by atoms with Crippen molar-refractivity contribution < 1.29 is 4.79 Å². The highest BCUT2D eigenvalue weighted by atomic mass is 16.2. The van der Waals surface area contributed by atoms with E-state index in [2.05, 4.69) is 22.5 Å². The lowest BCUT2D eigenvalue weighted by Gasteiger charge is -2.16. The Hall–Kier alpha value is -3.21. The van der Waals surface area contributed by atoms with Crippen molar-refractivity contribution in [3.8, 4) is 5.69 Å². The minimum absolute atomic E-state index is 0.0325. The Morgan fingerprint density at radius 3 is 2.27 bits per heavy atom. The van der Waals surface area contributed by atoms with Crippen molar-refractivity contribution in [3.63, 3.8) is 0 Å². The van der Waals surface area contributed by atoms with E-state index in [9.17, 15) is 9.59 Å². The van der Waals surface area contributed by atoms with E-state index in [1.54, 1.807) is 12.1 Å². The first kappa shape index (κ1) is 16.3. The molecule has 1 aliphatic rings. The van der Waals surface area contributed by atoms with Gasteiger partial charge < -0.3 is 5.32 Å². The number of carbonyl (C=O) groups excluding carboxylic acids is 1. The summed E-state index contributed by atoms with van der Waals surface area (Å²) >= 11 is 0. The molecule has 1 fully saturated rings. The topological polar surface area (TPSA) is 64.0 Å². The van der Waals surface area contributed by atoms with Crippen LogP contribution in [0.2, 0.25) is 0 Å². The molecule has 0 unspecified atom stereocenters. The number of nitrogens with zero attached hydrogens (tertiary/aromatic N) is 2. The Balaban J connectivity index is 1.52. The van der Waals surface area contributed by atoms with Gasteiger partial charge in [-0.15, -0.1) is 0 Å². The molecule has 0 atom stereocenters. The first-order valence-electron chi connectivity index (χ1n) is 8.68. The lowest BCUT2D eigenvalue weighted by Crippen LogP contribution is -2.34. The number of carbonyl (C=O) groups is 1. The molecule has 1 aromatic heterocycles. The number of nitrogens with one attached hydrogen (secondary N) is 1. The standard InChI is InChI=1S/C21H19N3O2/c25-19-12-11-18(23-24(19)17-9-5-2-6-10-17)20(26)22-15-21(13-14-21)16-7-3-1-4-8-16/h1-12H,13-15H2,(H,22,26). The minimum Gasteiger partial charge on any atom is -0.350 e. The predicted octanol–water partition coefficient (Wildman–Crippen LogP) is 2.69. The average Bonchev–Trinajstić information content (AvgIpc) is 3.49. The SMILES string of the molecule is O=C(NCC1(c2ccccc2)CC1)c1ccc(=O)n(-c2ccccc2)n1. The molecule has 1 amide bonds. The van der Waals surface area contributed by atoms with Gasteiger partial charge in [0.1, 0.15) is 5.69 Å². The van der Waals surface area contributed by atoms with Crippen LogP contribution in [0.25, 0.3) is 5.69 Å². The number of benzene rings is 2. The van der Waals surface area contributed by atoms with Gasteiger partial charge in [-0.2, -0.15) is 9.78 Å². The van der Waals surface area contributed by atoms with Gasteiger partial charge in [0.2, 0.25) is 0 Å². The second-order valence-electron chi connectivity index (χ2n) is 6.63. The number of para-hydroxylation sites is 1. The molecule has 26 heavy (non-hydrogen) atoms. The van der Waals surface area contributed by atoms with Gasteiger partial charge in [-0.1, -0.05) is 48.5 Å². The van der Waals surface area contributed by atoms with E-state index in [-0.39, 0.29) is 22.6 Å². The van der Waals surface area contributed by atoms with Crippen LogP contribution in [-0.4, -0.2) is 22.2 Å². The summed E-state index contributed by atoms with van der Waals surface area (Å²) in [4.78, 5) is 24.6. The molecule has 5 heteroatoms. The molecule has 1 aliphatic carbocycles. The summed E-state index contributed by atoms with van der Waals surface area (Å²) in [6.45, 7) is 0.571. The van der Waals surface area contributed by atoms with E-state index in [1.165, 1.54) is 22.4 Å². The Labute approximate surface area is 151 Å². The van der Waals surface area contributed by atoms with E-state index in [0.29, 0.717) is 12.2 Å². The second kappa shape index (κ2) is 6.59. The number of rotatable bonds is 5. The molecule has 0 spiro atoms. The van der Waals surface area contributed by atoms with Crippen LogP contribution in [0.4, 0.5) is 0 Å². The third-order valence-electron chi connectivity index (χ3n) is 4.86. The predicted molar refractivity (Wildman–Crippen MR) is 99.5 cm³/mol. The number of hydrogen-bond acceptors (Lipinski definition) is 3. The maximum absolute atomic E-state index is 12.6. The molecule has 5 nitrogen and oxygen atoms in total. The fourth-order valence-electron chi connectivity index (χ4n) is 3.14. The fraction of sp³-hybridized carbons (Fsp3) is 0.190. The summed E-state index contributed by atoms with van der Waals surface area (Å²) in [6, 6.07) is 22.2. The van der Waals surface area contributed by atoms with Crippen LogP contribution in [0.1, 0.15) is 28.9 Å². The average molecular weight is 345 g/mol. The second-order valence-corrected chi connectivity index (χ2v) is 6.63. The first-order valence-corrected chi connectivity index (χ1v) is 8.68. The minimum atomic E-state index is -0.268. The summed E-state index contributed by atoms with van der Waals surface area (Å²) in [5.74, 6) is -0.267. The zero-order valence-corrected chi connectivity index (χ0v) is 14.3. The lowest BCUT2D eigenvalue weighted by molar-refractivity contribution is 0.0943. The van der Waals surface area contributed by atoms with Gasteiger partial charge in [0, 0.05) is 18.0 Å². The van der Waals surface area contributed by atoms with Crippen LogP contribution in [0, 0.1) is 0 Å². The highest BCUT2D eigenvalue weighted by molar-refractivity contribution is 5.92. The first-order chi connectivity index (χ1) is 12.7. The quantitative estimate of drug-likeness (QED) is 0.773. The molecule has 0 radical (unpaired) electrons. The Kier molecular flexibility index (Phi) is 4.13. The van der Waals surface area contributed by atoms with Gasteiger partial charge in [-0.3, -0.25) is 9.59 Å². The molecule has 0 bridgehead atoms. The van der Waals surface area contributed by atoms with Crippen molar-refractivity contribution in [3.05, 3.63) is 94.4 Å². The smallest absolute Gasteiger partial charge is 0.271 e. The van der Waals surface area contributed by atoms with Crippen LogP contribution < -0.4 is 10.9 Å². The molecule has 1 heterocycles. The van der Waals surface area contributed by atoms with Gasteiger partial charge in [-0.05, 0) is 36.6 Å². The van der Waals surface area contributed by atoms with E-state index in [1.807, 2.05) is 36.4 Å². The van der Waals surface area contributed by atoms with E-state index in [0.717, 1.165) is 12.8 Å². The summed E-state index contributed by atoms with van der Waals surface area (Å²) < 4.78 is 1.25. The molecule has 2 aromatic carbocycles. The maximum Gasteiger partial charge on any atom is 0.271 e. The Morgan fingerprint density at radius 2 is 1.62 bits per heavy atom. The van der Waals surface area contributed by atoms with Crippen molar-refractivity contribution in [1.29, 1.82) is 0 Å². The van der Waals surface area contributed by atoms with Crippen LogP contribution >= 0.6 is 0 Å². The largest absolute Gasteiger partial charge is 0.350 e. The van der Waals surface area contributed by atoms with Gasteiger partial charge in [0.05, 0.1) is 5.69 Å². The number of amides is 1. The fourth-order valence-corrected chi connectivity index (χ4v) is 3.14. The summed E-state index contributed by atoms with van der Waals surface area (Å²) in [5, 5.41) is 7.21. The molecular weight excluding hydrogens is 326 g/mol. The molecular formula is C21H19N3O2. The van der Waals surface area contributed by atoms with Crippen molar-refractivity contribution in [2.75, 3.05) is 6.54 Å². The molecule has 1 saturated carbocycles. The van der Waals surface area contributed by atoms with E-state index < -0.39 is 0 Å². The lowest BCUT2D eigenvalue weighted by atomic mass is 9.96. The molecule has 0 aliphatic heterocycles. The van der Waals surface area contributed by atoms with Gasteiger partial charge in [-0.25, -0.2) is 0 Å². The van der Waals surface area contributed by atoms with Gasteiger partial charge in [0.15, 0.2) is 0 Å². The summed E-state index contributed by atoms with van der Waals surface area (Å²) in [5.41, 5.74) is 1.88. The van der Waals surface area contributed by atoms with Gasteiger partial charge in [0.25, 0.3) is 11.5 Å². The zero-order valence-electron chi connectivity index (χ0n) is 14.3. The van der Waals surface area contributed by atoms with E-state index in [4.69, 9.17) is 0 Å². The molecule has 4 rings (SSSR count). The molecule has 1 N–H and O–H groups in total. The van der Waals surface area contributed by atoms with Crippen molar-refractivity contribution >= 4 is 5.91 Å². The third kappa shape index (κ3) is 3.16. The van der Waals surface area contributed by atoms with Crippen molar-refractivity contribution in [1.82, 2.24) is 15.1 Å². The maximum atomic E-state index is 12.6. The zero-order chi connectivity index (χ0) is 18.0. The number of aromatic nitrogens is 2. The highest BCUT2D eigenvalue weighted by Crippen LogP contribution is 2.47. The number of hydrogen-bond donors (Lipinski definition) is 1. The monoisotopic (exact) mass is 345 g/mol. The normalized spacial score (nSPS) is 14.6. The van der Waals surface area contributed by atoms with E-state index >= 15 is 0 Å². The van der Waals surface area contributed by atoms with Crippen molar-refractivity contribution in [2.45, 2.75) is 18.3 Å². The third-order valence-corrected chi connectivity index (χ3v) is 4.86. The van der Waals surface area contributed by atoms with Gasteiger partial charge >= 0.3 is 0 Å². The Morgan fingerprint density at radius 1 is 0.962 bits per heavy atom. The Bertz CT molecular complexity index is 977. The summed E-state index contributed by atoms with van der Waals surface area (Å²) in [6.07, 6.45) is 2.13. The van der Waals surface area contributed by atoms with Crippen LogP contribution in [-0.2, 0) is 5.41 Å². The molecule has 0 saturated heterocycles. The molecule has 130 valence electrons. The molecule has 3 aromatic rings.